The zero-order valence-electron chi connectivity index (χ0n) is 12.9. The number of aliphatic hydroxyl groups excluding tert-OH is 1. The van der Waals surface area contributed by atoms with Gasteiger partial charge in [-0.3, -0.25) is 4.98 Å². The standard InChI is InChI=1S/C17H18N4OS/c1-11-19-14-5-7-23-16(14)17(20-11)21-9-12(15(22)10-21)8-13-4-2-3-6-18-13/h2-7,12,15,22H,8-10H2,1H3/t12-,15-/m1/s1. The van der Waals surface area contributed by atoms with Gasteiger partial charge in [-0.2, -0.15) is 0 Å². The first-order chi connectivity index (χ1) is 11.2. The number of thiophene rings is 1. The number of aromatic nitrogens is 3. The van der Waals surface area contributed by atoms with Gasteiger partial charge >= 0.3 is 0 Å². The molecule has 0 amide bonds. The molecule has 0 bridgehead atoms. The SMILES string of the molecule is Cc1nc(N2C[C@@H](Cc3ccccn3)[C@H](O)C2)c2sccc2n1. The van der Waals surface area contributed by atoms with Crippen LogP contribution in [0.1, 0.15) is 11.5 Å². The highest BCUT2D eigenvalue weighted by atomic mass is 32.1. The van der Waals surface area contributed by atoms with Crippen LogP contribution in [0.15, 0.2) is 35.8 Å². The number of rotatable bonds is 3. The summed E-state index contributed by atoms with van der Waals surface area (Å²) in [5.74, 6) is 1.90. The molecule has 4 heterocycles. The molecule has 1 fully saturated rings. The van der Waals surface area contributed by atoms with E-state index < -0.39 is 0 Å². The third-order valence-corrected chi connectivity index (χ3v) is 5.20. The summed E-state index contributed by atoms with van der Waals surface area (Å²) in [5.41, 5.74) is 2.01. The smallest absolute Gasteiger partial charge is 0.150 e. The summed E-state index contributed by atoms with van der Waals surface area (Å²) >= 11 is 1.66. The minimum atomic E-state index is -0.359. The second-order valence-corrected chi connectivity index (χ2v) is 6.90. The lowest BCUT2D eigenvalue weighted by Gasteiger charge is -2.18. The summed E-state index contributed by atoms with van der Waals surface area (Å²) in [6.07, 6.45) is 2.23. The van der Waals surface area contributed by atoms with Crippen molar-refractivity contribution >= 4 is 27.4 Å². The van der Waals surface area contributed by atoms with Crippen LogP contribution in [0, 0.1) is 12.8 Å². The molecule has 3 aromatic heterocycles. The van der Waals surface area contributed by atoms with Crippen molar-refractivity contribution in [1.29, 1.82) is 0 Å². The lowest BCUT2D eigenvalue weighted by atomic mass is 10.00. The lowest BCUT2D eigenvalue weighted by Crippen LogP contribution is -2.22. The van der Waals surface area contributed by atoms with Gasteiger partial charge in [-0.15, -0.1) is 11.3 Å². The van der Waals surface area contributed by atoms with E-state index in [2.05, 4.69) is 19.9 Å². The Morgan fingerprint density at radius 3 is 3.00 bits per heavy atom. The number of aliphatic hydroxyl groups is 1. The first kappa shape index (κ1) is 14.5. The van der Waals surface area contributed by atoms with Crippen molar-refractivity contribution in [3.63, 3.8) is 0 Å². The normalized spacial score (nSPS) is 21.2. The molecule has 5 nitrogen and oxygen atoms in total. The van der Waals surface area contributed by atoms with Crippen molar-refractivity contribution < 1.29 is 5.11 Å². The van der Waals surface area contributed by atoms with Gasteiger partial charge in [0.2, 0.25) is 0 Å². The van der Waals surface area contributed by atoms with Crippen LogP contribution in [0.5, 0.6) is 0 Å². The van der Waals surface area contributed by atoms with Crippen LogP contribution < -0.4 is 4.90 Å². The molecule has 1 aliphatic rings. The Bertz CT molecular complexity index is 820. The maximum absolute atomic E-state index is 10.5. The average molecular weight is 326 g/mol. The Labute approximate surface area is 138 Å². The van der Waals surface area contributed by atoms with Crippen LogP contribution in [-0.4, -0.2) is 39.3 Å². The molecule has 0 aliphatic carbocycles. The number of aryl methyl sites for hydroxylation is 1. The number of anilines is 1. The van der Waals surface area contributed by atoms with E-state index in [0.717, 1.165) is 40.5 Å². The number of β-amino-alcohol motifs (C(OH)–C–C–N with tert-alkyl or cyclic N) is 1. The predicted molar refractivity (Wildman–Crippen MR) is 91.8 cm³/mol. The zero-order chi connectivity index (χ0) is 15.8. The summed E-state index contributed by atoms with van der Waals surface area (Å²) in [4.78, 5) is 15.7. The van der Waals surface area contributed by atoms with E-state index in [0.29, 0.717) is 6.54 Å². The quantitative estimate of drug-likeness (QED) is 0.801. The van der Waals surface area contributed by atoms with E-state index in [1.165, 1.54) is 0 Å². The molecule has 0 radical (unpaired) electrons. The van der Waals surface area contributed by atoms with Gasteiger partial charge in [0.15, 0.2) is 0 Å². The highest BCUT2D eigenvalue weighted by molar-refractivity contribution is 7.17. The molecule has 4 rings (SSSR count). The monoisotopic (exact) mass is 326 g/mol. The van der Waals surface area contributed by atoms with Gasteiger partial charge in [-0.05, 0) is 36.9 Å². The van der Waals surface area contributed by atoms with Crippen LogP contribution in [0.2, 0.25) is 0 Å². The third-order valence-electron chi connectivity index (χ3n) is 4.30. The minimum Gasteiger partial charge on any atom is -0.391 e. The molecule has 0 spiro atoms. The highest BCUT2D eigenvalue weighted by Crippen LogP contribution is 2.32. The van der Waals surface area contributed by atoms with Gasteiger partial charge in [0.1, 0.15) is 11.6 Å². The molecule has 23 heavy (non-hydrogen) atoms. The van der Waals surface area contributed by atoms with E-state index in [-0.39, 0.29) is 12.0 Å². The number of nitrogens with zero attached hydrogens (tertiary/aromatic N) is 4. The molecule has 2 atom stereocenters. The number of hydrogen-bond donors (Lipinski definition) is 1. The Balaban J connectivity index is 1.60. The lowest BCUT2D eigenvalue weighted by molar-refractivity contribution is 0.148. The first-order valence-corrected chi connectivity index (χ1v) is 8.63. The molecule has 0 unspecified atom stereocenters. The van der Waals surface area contributed by atoms with E-state index in [1.807, 2.05) is 36.6 Å². The van der Waals surface area contributed by atoms with Crippen molar-refractivity contribution in [3.8, 4) is 0 Å². The molecule has 6 heteroatoms. The number of hydrogen-bond acceptors (Lipinski definition) is 6. The van der Waals surface area contributed by atoms with Gasteiger partial charge in [0.05, 0.1) is 16.3 Å². The van der Waals surface area contributed by atoms with Crippen LogP contribution in [-0.2, 0) is 6.42 Å². The van der Waals surface area contributed by atoms with Crippen LogP contribution >= 0.6 is 11.3 Å². The molecule has 1 aliphatic heterocycles. The molecule has 1 saturated heterocycles. The van der Waals surface area contributed by atoms with Crippen LogP contribution in [0.4, 0.5) is 5.82 Å². The number of fused-ring (bicyclic) bond motifs is 1. The van der Waals surface area contributed by atoms with Crippen LogP contribution in [0.25, 0.3) is 10.2 Å². The molecular formula is C17H18N4OS. The second kappa shape index (κ2) is 5.86. The van der Waals surface area contributed by atoms with Gasteiger partial charge in [0.25, 0.3) is 0 Å². The molecule has 3 aromatic rings. The fourth-order valence-electron chi connectivity index (χ4n) is 3.19. The summed E-state index contributed by atoms with van der Waals surface area (Å²) in [7, 11) is 0. The summed E-state index contributed by atoms with van der Waals surface area (Å²) < 4.78 is 1.10. The largest absolute Gasteiger partial charge is 0.391 e. The van der Waals surface area contributed by atoms with Crippen molar-refractivity contribution in [1.82, 2.24) is 15.0 Å². The molecule has 1 N–H and O–H groups in total. The van der Waals surface area contributed by atoms with Crippen molar-refractivity contribution in [2.24, 2.45) is 5.92 Å². The van der Waals surface area contributed by atoms with E-state index in [4.69, 9.17) is 0 Å². The summed E-state index contributed by atoms with van der Waals surface area (Å²) in [6.45, 7) is 3.32. The third kappa shape index (κ3) is 2.80. The highest BCUT2D eigenvalue weighted by Gasteiger charge is 2.33. The number of pyridine rings is 1. The first-order valence-electron chi connectivity index (χ1n) is 7.75. The Hall–Kier alpha value is -2.05. The molecule has 0 saturated carbocycles. The average Bonchev–Trinajstić information content (AvgIpc) is 3.15. The van der Waals surface area contributed by atoms with Crippen molar-refractivity contribution in [2.75, 3.05) is 18.0 Å². The topological polar surface area (TPSA) is 62.1 Å². The van der Waals surface area contributed by atoms with E-state index in [1.54, 1.807) is 17.5 Å². The predicted octanol–water partition coefficient (Wildman–Crippen LogP) is 2.43. The van der Waals surface area contributed by atoms with Crippen molar-refractivity contribution in [2.45, 2.75) is 19.4 Å². The maximum atomic E-state index is 10.5. The Morgan fingerprint density at radius 2 is 2.17 bits per heavy atom. The minimum absolute atomic E-state index is 0.176. The maximum Gasteiger partial charge on any atom is 0.150 e. The molecule has 0 aromatic carbocycles. The van der Waals surface area contributed by atoms with Gasteiger partial charge in [-0.25, -0.2) is 9.97 Å². The van der Waals surface area contributed by atoms with Gasteiger partial charge < -0.3 is 10.0 Å². The zero-order valence-corrected chi connectivity index (χ0v) is 13.7. The fourth-order valence-corrected chi connectivity index (χ4v) is 4.04. The summed E-state index contributed by atoms with van der Waals surface area (Å²) in [6, 6.07) is 7.94. The van der Waals surface area contributed by atoms with E-state index in [9.17, 15) is 5.11 Å². The van der Waals surface area contributed by atoms with Gasteiger partial charge in [0, 0.05) is 30.9 Å². The second-order valence-electron chi connectivity index (χ2n) is 5.99. The Kier molecular flexibility index (Phi) is 3.71. The van der Waals surface area contributed by atoms with Gasteiger partial charge in [-0.1, -0.05) is 6.07 Å². The van der Waals surface area contributed by atoms with E-state index >= 15 is 0 Å². The molecular weight excluding hydrogens is 308 g/mol. The Morgan fingerprint density at radius 1 is 1.26 bits per heavy atom. The fraction of sp³-hybridized carbons (Fsp3) is 0.353. The van der Waals surface area contributed by atoms with Crippen molar-refractivity contribution in [3.05, 3.63) is 47.4 Å². The molecule has 118 valence electrons. The van der Waals surface area contributed by atoms with Crippen LogP contribution in [0.3, 0.4) is 0 Å². The summed E-state index contributed by atoms with van der Waals surface area (Å²) in [5, 5.41) is 12.5.